The zero-order chi connectivity index (χ0) is 16.4. The number of furan rings is 1. The van der Waals surface area contributed by atoms with Gasteiger partial charge < -0.3 is 9.73 Å². The largest absolute Gasteiger partial charge is 0.449 e. The lowest BCUT2D eigenvalue weighted by molar-refractivity contribution is 0.101. The standard InChI is InChI=1S/C20H20N2O2/c23-19(14-8-3-1-4-9-14)20-18(22-15-10-5-2-6-11-15)17-16(24-20)12-7-13-21-17/h1,3-4,7-9,12-13,15,22H,2,5-6,10-11H2. The summed E-state index contributed by atoms with van der Waals surface area (Å²) in [5.41, 5.74) is 2.76. The summed E-state index contributed by atoms with van der Waals surface area (Å²) in [6, 6.07) is 13.3. The van der Waals surface area contributed by atoms with Crippen LogP contribution >= 0.6 is 0 Å². The Bertz CT molecular complexity index is 848. The van der Waals surface area contributed by atoms with Crippen molar-refractivity contribution in [2.24, 2.45) is 0 Å². The van der Waals surface area contributed by atoms with Crippen molar-refractivity contribution in [3.63, 3.8) is 0 Å². The molecule has 0 atom stereocenters. The first-order valence-electron chi connectivity index (χ1n) is 8.57. The number of nitrogens with one attached hydrogen (secondary N) is 1. The fraction of sp³-hybridized carbons (Fsp3) is 0.300. The van der Waals surface area contributed by atoms with E-state index in [1.807, 2.05) is 42.5 Å². The number of carbonyl (C=O) groups excluding carboxylic acids is 1. The third kappa shape index (κ3) is 2.80. The molecule has 0 radical (unpaired) electrons. The number of fused-ring (bicyclic) bond motifs is 1. The average molecular weight is 320 g/mol. The molecule has 0 unspecified atom stereocenters. The van der Waals surface area contributed by atoms with Crippen molar-refractivity contribution in [3.8, 4) is 0 Å². The van der Waals surface area contributed by atoms with Gasteiger partial charge in [-0.15, -0.1) is 0 Å². The smallest absolute Gasteiger partial charge is 0.230 e. The number of hydrogen-bond acceptors (Lipinski definition) is 4. The van der Waals surface area contributed by atoms with Gasteiger partial charge in [0.2, 0.25) is 11.5 Å². The van der Waals surface area contributed by atoms with Crippen LogP contribution in [0, 0.1) is 0 Å². The highest BCUT2D eigenvalue weighted by Gasteiger charge is 2.25. The Hall–Kier alpha value is -2.62. The van der Waals surface area contributed by atoms with E-state index in [1.165, 1.54) is 19.3 Å². The number of nitrogens with zero attached hydrogens (tertiary/aromatic N) is 1. The second-order valence-electron chi connectivity index (χ2n) is 6.33. The molecule has 1 aromatic carbocycles. The van der Waals surface area contributed by atoms with Gasteiger partial charge in [-0.3, -0.25) is 9.78 Å². The summed E-state index contributed by atoms with van der Waals surface area (Å²) in [4.78, 5) is 17.4. The van der Waals surface area contributed by atoms with Crippen molar-refractivity contribution < 1.29 is 9.21 Å². The van der Waals surface area contributed by atoms with Gasteiger partial charge in [-0.1, -0.05) is 49.6 Å². The molecule has 1 aliphatic carbocycles. The van der Waals surface area contributed by atoms with Gasteiger partial charge in [-0.05, 0) is 25.0 Å². The maximum atomic E-state index is 12.9. The van der Waals surface area contributed by atoms with E-state index in [2.05, 4.69) is 10.3 Å². The first kappa shape index (κ1) is 14.9. The minimum Gasteiger partial charge on any atom is -0.449 e. The monoisotopic (exact) mass is 320 g/mol. The predicted octanol–water partition coefficient (Wildman–Crippen LogP) is 4.80. The third-order valence-corrected chi connectivity index (χ3v) is 4.64. The first-order valence-corrected chi connectivity index (χ1v) is 8.57. The Labute approximate surface area is 140 Å². The molecule has 0 saturated heterocycles. The molecule has 2 heterocycles. The lowest BCUT2D eigenvalue weighted by Crippen LogP contribution is -2.23. The molecule has 1 N–H and O–H groups in total. The summed E-state index contributed by atoms with van der Waals surface area (Å²) >= 11 is 0. The molecular weight excluding hydrogens is 300 g/mol. The Morgan fingerprint density at radius 1 is 1.04 bits per heavy atom. The van der Waals surface area contributed by atoms with Crippen LogP contribution in [0.4, 0.5) is 5.69 Å². The fourth-order valence-corrected chi connectivity index (χ4v) is 3.39. The molecule has 1 saturated carbocycles. The summed E-state index contributed by atoms with van der Waals surface area (Å²) in [7, 11) is 0. The molecule has 0 aliphatic heterocycles. The molecule has 4 nitrogen and oxygen atoms in total. The zero-order valence-electron chi connectivity index (χ0n) is 13.5. The summed E-state index contributed by atoms with van der Waals surface area (Å²) in [6.07, 6.45) is 7.72. The lowest BCUT2D eigenvalue weighted by atomic mass is 9.95. The summed E-state index contributed by atoms with van der Waals surface area (Å²) in [5.74, 6) is 0.257. The Morgan fingerprint density at radius 3 is 2.62 bits per heavy atom. The molecule has 1 fully saturated rings. The quantitative estimate of drug-likeness (QED) is 0.701. The van der Waals surface area contributed by atoms with E-state index >= 15 is 0 Å². The van der Waals surface area contributed by atoms with E-state index in [-0.39, 0.29) is 5.78 Å². The van der Waals surface area contributed by atoms with Gasteiger partial charge in [-0.25, -0.2) is 0 Å². The second-order valence-corrected chi connectivity index (χ2v) is 6.33. The highest BCUT2D eigenvalue weighted by molar-refractivity contribution is 6.14. The molecule has 1 aliphatic rings. The van der Waals surface area contributed by atoms with E-state index in [4.69, 9.17) is 4.42 Å². The minimum absolute atomic E-state index is 0.105. The number of anilines is 1. The van der Waals surface area contributed by atoms with Crippen LogP contribution in [-0.2, 0) is 0 Å². The van der Waals surface area contributed by atoms with Crippen LogP contribution in [0.1, 0.15) is 48.2 Å². The lowest BCUT2D eigenvalue weighted by Gasteiger charge is -2.23. The number of aromatic nitrogens is 1. The second kappa shape index (κ2) is 6.48. The van der Waals surface area contributed by atoms with Gasteiger partial charge in [0.1, 0.15) is 11.2 Å². The van der Waals surface area contributed by atoms with Crippen molar-refractivity contribution in [2.75, 3.05) is 5.32 Å². The van der Waals surface area contributed by atoms with Crippen LogP contribution in [0.15, 0.2) is 53.1 Å². The number of hydrogen-bond donors (Lipinski definition) is 1. The highest BCUT2D eigenvalue weighted by Crippen LogP contribution is 2.33. The molecule has 0 amide bonds. The number of ketones is 1. The van der Waals surface area contributed by atoms with E-state index in [9.17, 15) is 4.79 Å². The van der Waals surface area contributed by atoms with Crippen molar-refractivity contribution in [3.05, 3.63) is 60.0 Å². The molecule has 4 rings (SSSR count). The van der Waals surface area contributed by atoms with Crippen LogP contribution in [0.2, 0.25) is 0 Å². The van der Waals surface area contributed by atoms with Crippen LogP contribution in [0.25, 0.3) is 11.1 Å². The maximum absolute atomic E-state index is 12.9. The summed E-state index contributed by atoms with van der Waals surface area (Å²) in [5, 5.41) is 3.55. The zero-order valence-corrected chi connectivity index (χ0v) is 13.5. The van der Waals surface area contributed by atoms with Gasteiger partial charge in [0.05, 0.1) is 0 Å². The molecule has 122 valence electrons. The van der Waals surface area contributed by atoms with Gasteiger partial charge in [0.25, 0.3) is 0 Å². The number of carbonyl (C=O) groups is 1. The predicted molar refractivity (Wildman–Crippen MR) is 94.4 cm³/mol. The minimum atomic E-state index is -0.105. The summed E-state index contributed by atoms with van der Waals surface area (Å²) in [6.45, 7) is 0. The first-order chi connectivity index (χ1) is 11.8. The Kier molecular flexibility index (Phi) is 4.03. The van der Waals surface area contributed by atoms with Crippen LogP contribution < -0.4 is 5.32 Å². The third-order valence-electron chi connectivity index (χ3n) is 4.64. The van der Waals surface area contributed by atoms with Gasteiger partial charge >= 0.3 is 0 Å². The van der Waals surface area contributed by atoms with Crippen LogP contribution in [0.5, 0.6) is 0 Å². The van der Waals surface area contributed by atoms with Crippen molar-refractivity contribution in [1.82, 2.24) is 4.98 Å². The summed E-state index contributed by atoms with van der Waals surface area (Å²) < 4.78 is 5.88. The topological polar surface area (TPSA) is 55.1 Å². The van der Waals surface area contributed by atoms with E-state index in [0.717, 1.165) is 24.0 Å². The fourth-order valence-electron chi connectivity index (χ4n) is 3.39. The van der Waals surface area contributed by atoms with Crippen molar-refractivity contribution in [1.29, 1.82) is 0 Å². The number of benzene rings is 1. The number of rotatable bonds is 4. The SMILES string of the molecule is O=C(c1ccccc1)c1oc2cccnc2c1NC1CCCCC1. The van der Waals surface area contributed by atoms with Gasteiger partial charge in [0.15, 0.2) is 5.58 Å². The van der Waals surface area contributed by atoms with E-state index < -0.39 is 0 Å². The number of pyridine rings is 1. The van der Waals surface area contributed by atoms with Gasteiger partial charge in [-0.2, -0.15) is 0 Å². The molecule has 24 heavy (non-hydrogen) atoms. The molecule has 4 heteroatoms. The molecule has 2 aromatic heterocycles. The Balaban J connectivity index is 1.76. The van der Waals surface area contributed by atoms with Gasteiger partial charge in [0, 0.05) is 17.8 Å². The van der Waals surface area contributed by atoms with E-state index in [1.54, 1.807) is 6.20 Å². The average Bonchev–Trinajstić information content (AvgIpc) is 3.01. The Morgan fingerprint density at radius 2 is 1.83 bits per heavy atom. The van der Waals surface area contributed by atoms with Crippen LogP contribution in [-0.4, -0.2) is 16.8 Å². The maximum Gasteiger partial charge on any atom is 0.230 e. The van der Waals surface area contributed by atoms with Crippen molar-refractivity contribution >= 4 is 22.6 Å². The normalized spacial score (nSPS) is 15.5. The molecular formula is C20H20N2O2. The van der Waals surface area contributed by atoms with E-state index in [0.29, 0.717) is 22.9 Å². The molecule has 0 bridgehead atoms. The molecule has 0 spiro atoms. The highest BCUT2D eigenvalue weighted by atomic mass is 16.3. The van der Waals surface area contributed by atoms with Crippen LogP contribution in [0.3, 0.4) is 0 Å². The molecule has 3 aromatic rings. The van der Waals surface area contributed by atoms with Crippen molar-refractivity contribution in [2.45, 2.75) is 38.1 Å².